The van der Waals surface area contributed by atoms with Crippen molar-refractivity contribution in [2.75, 3.05) is 19.3 Å². The first kappa shape index (κ1) is 15.3. The summed E-state index contributed by atoms with van der Waals surface area (Å²) in [4.78, 5) is 12.2. The van der Waals surface area contributed by atoms with Crippen molar-refractivity contribution in [3.05, 3.63) is 0 Å². The molecule has 2 saturated carbocycles. The highest BCUT2D eigenvalue weighted by molar-refractivity contribution is 7.88. The van der Waals surface area contributed by atoms with Crippen molar-refractivity contribution >= 4 is 15.9 Å². The molecule has 4 atom stereocenters. The average Bonchev–Trinajstić information content (AvgIpc) is 3.00. The molecule has 1 amide bonds. The average molecular weight is 314 g/mol. The predicted molar refractivity (Wildman–Crippen MR) is 81.1 cm³/mol. The number of nitrogens with one attached hydrogen (secondary N) is 1. The molecule has 1 N–H and O–H groups in total. The molecular formula is C15H26N2O3S. The second kappa shape index (κ2) is 5.88. The number of rotatable bonds is 4. The number of fused-ring (bicyclic) bond motifs is 2. The van der Waals surface area contributed by atoms with Gasteiger partial charge in [-0.25, -0.2) is 12.7 Å². The Labute approximate surface area is 127 Å². The molecule has 0 aromatic heterocycles. The van der Waals surface area contributed by atoms with Gasteiger partial charge in [0.2, 0.25) is 15.9 Å². The summed E-state index contributed by atoms with van der Waals surface area (Å²) in [6.07, 6.45) is 8.79. The normalized spacial score (nSPS) is 36.8. The van der Waals surface area contributed by atoms with Crippen LogP contribution in [0.2, 0.25) is 0 Å². The summed E-state index contributed by atoms with van der Waals surface area (Å²) in [5.74, 6) is 2.31. The Balaban J connectivity index is 1.48. The van der Waals surface area contributed by atoms with Crippen LogP contribution < -0.4 is 5.32 Å². The highest BCUT2D eigenvalue weighted by Gasteiger charge is 2.40. The van der Waals surface area contributed by atoms with Crippen LogP contribution >= 0.6 is 0 Å². The van der Waals surface area contributed by atoms with E-state index in [1.807, 2.05) is 0 Å². The summed E-state index contributed by atoms with van der Waals surface area (Å²) in [6, 6.07) is -0.0143. The number of amides is 1. The number of hydrogen-bond acceptors (Lipinski definition) is 3. The third kappa shape index (κ3) is 3.59. The maximum atomic E-state index is 12.2. The molecule has 4 unspecified atom stereocenters. The minimum Gasteiger partial charge on any atom is -0.352 e. The Kier molecular flexibility index (Phi) is 4.28. The lowest BCUT2D eigenvalue weighted by Crippen LogP contribution is -2.49. The quantitative estimate of drug-likeness (QED) is 0.852. The molecule has 3 fully saturated rings. The third-order valence-electron chi connectivity index (χ3n) is 5.55. The lowest BCUT2D eigenvalue weighted by atomic mass is 9.86. The van der Waals surface area contributed by atoms with E-state index >= 15 is 0 Å². The number of hydrogen-bond donors (Lipinski definition) is 1. The Hall–Kier alpha value is -0.620. The van der Waals surface area contributed by atoms with Gasteiger partial charge in [-0.2, -0.15) is 0 Å². The lowest BCUT2D eigenvalue weighted by molar-refractivity contribution is -0.123. The molecule has 2 aliphatic carbocycles. The fourth-order valence-electron chi connectivity index (χ4n) is 4.51. The Morgan fingerprint density at radius 1 is 1.24 bits per heavy atom. The van der Waals surface area contributed by atoms with Crippen molar-refractivity contribution in [1.29, 1.82) is 0 Å². The molecule has 5 nitrogen and oxygen atoms in total. The maximum Gasteiger partial charge on any atom is 0.220 e. The zero-order chi connectivity index (χ0) is 15.0. The Morgan fingerprint density at radius 3 is 2.67 bits per heavy atom. The van der Waals surface area contributed by atoms with Crippen molar-refractivity contribution < 1.29 is 13.2 Å². The Morgan fingerprint density at radius 2 is 2.05 bits per heavy atom. The van der Waals surface area contributed by atoms with Crippen LogP contribution in [-0.4, -0.2) is 44.0 Å². The van der Waals surface area contributed by atoms with E-state index < -0.39 is 10.0 Å². The molecule has 0 spiro atoms. The molecule has 0 aromatic carbocycles. The molecule has 21 heavy (non-hydrogen) atoms. The summed E-state index contributed by atoms with van der Waals surface area (Å²) < 4.78 is 24.7. The standard InChI is InChI=1S/C15H26N2O3S/c1-21(19,20)17-6-2-3-14(10-17)16-15(18)9-13-8-11-4-5-12(13)7-11/h11-14H,2-10H2,1H3,(H,16,18). The van der Waals surface area contributed by atoms with Crippen molar-refractivity contribution in [2.45, 2.75) is 51.0 Å². The van der Waals surface area contributed by atoms with Gasteiger partial charge in [-0.15, -0.1) is 0 Å². The van der Waals surface area contributed by atoms with Gasteiger partial charge in [0, 0.05) is 25.6 Å². The van der Waals surface area contributed by atoms with E-state index in [1.165, 1.54) is 36.2 Å². The van der Waals surface area contributed by atoms with E-state index in [0.29, 0.717) is 25.4 Å². The molecule has 3 rings (SSSR count). The van der Waals surface area contributed by atoms with Gasteiger partial charge in [0.15, 0.2) is 0 Å². The molecule has 120 valence electrons. The third-order valence-corrected chi connectivity index (χ3v) is 6.82. The van der Waals surface area contributed by atoms with Gasteiger partial charge < -0.3 is 5.32 Å². The minimum atomic E-state index is -3.14. The minimum absolute atomic E-state index is 0.0143. The molecule has 1 heterocycles. The van der Waals surface area contributed by atoms with Crippen LogP contribution in [-0.2, 0) is 14.8 Å². The van der Waals surface area contributed by atoms with E-state index in [1.54, 1.807) is 0 Å². The van der Waals surface area contributed by atoms with Crippen LogP contribution in [0.1, 0.15) is 44.9 Å². The summed E-state index contributed by atoms with van der Waals surface area (Å²) in [5.41, 5.74) is 0. The van der Waals surface area contributed by atoms with Crippen molar-refractivity contribution in [3.63, 3.8) is 0 Å². The lowest BCUT2D eigenvalue weighted by Gasteiger charge is -2.32. The van der Waals surface area contributed by atoms with Crippen molar-refractivity contribution in [1.82, 2.24) is 9.62 Å². The summed E-state index contributed by atoms with van der Waals surface area (Å²) >= 11 is 0. The van der Waals surface area contributed by atoms with Crippen LogP contribution in [0.5, 0.6) is 0 Å². The first-order valence-electron chi connectivity index (χ1n) is 8.16. The van der Waals surface area contributed by atoms with E-state index in [-0.39, 0.29) is 11.9 Å². The second-order valence-corrected chi connectivity index (χ2v) is 9.15. The molecule has 0 aromatic rings. The monoisotopic (exact) mass is 314 g/mol. The van der Waals surface area contributed by atoms with E-state index in [9.17, 15) is 13.2 Å². The molecule has 1 saturated heterocycles. The molecule has 1 aliphatic heterocycles. The van der Waals surface area contributed by atoms with Gasteiger partial charge in [-0.1, -0.05) is 6.42 Å². The van der Waals surface area contributed by atoms with Gasteiger partial charge in [0.05, 0.1) is 6.26 Å². The summed E-state index contributed by atoms with van der Waals surface area (Å²) in [5, 5.41) is 3.06. The zero-order valence-electron chi connectivity index (χ0n) is 12.8. The van der Waals surface area contributed by atoms with Crippen LogP contribution in [0, 0.1) is 17.8 Å². The predicted octanol–water partition coefficient (Wildman–Crippen LogP) is 1.35. The number of nitrogens with zero attached hydrogens (tertiary/aromatic N) is 1. The highest BCUT2D eigenvalue weighted by Crippen LogP contribution is 2.49. The number of carbonyl (C=O) groups excluding carboxylic acids is 1. The van der Waals surface area contributed by atoms with Crippen LogP contribution in [0.15, 0.2) is 0 Å². The van der Waals surface area contributed by atoms with E-state index in [4.69, 9.17) is 0 Å². The summed E-state index contributed by atoms with van der Waals surface area (Å²) in [7, 11) is -3.14. The first-order chi connectivity index (χ1) is 9.91. The fraction of sp³-hybridized carbons (Fsp3) is 0.933. The van der Waals surface area contributed by atoms with Crippen LogP contribution in [0.3, 0.4) is 0 Å². The highest BCUT2D eigenvalue weighted by atomic mass is 32.2. The second-order valence-electron chi connectivity index (χ2n) is 7.17. The molecule has 3 aliphatic rings. The van der Waals surface area contributed by atoms with Gasteiger partial charge in [0.25, 0.3) is 0 Å². The molecule has 2 bridgehead atoms. The van der Waals surface area contributed by atoms with Crippen molar-refractivity contribution in [2.24, 2.45) is 17.8 Å². The maximum absolute atomic E-state index is 12.2. The fourth-order valence-corrected chi connectivity index (χ4v) is 5.42. The van der Waals surface area contributed by atoms with Crippen molar-refractivity contribution in [3.8, 4) is 0 Å². The molecule has 6 heteroatoms. The Bertz CT molecular complexity index is 505. The first-order valence-corrected chi connectivity index (χ1v) is 10.0. The number of carbonyl (C=O) groups is 1. The van der Waals surface area contributed by atoms with Gasteiger partial charge in [-0.3, -0.25) is 4.79 Å². The molecular weight excluding hydrogens is 288 g/mol. The largest absolute Gasteiger partial charge is 0.352 e. The van der Waals surface area contributed by atoms with E-state index in [0.717, 1.165) is 24.7 Å². The number of sulfonamides is 1. The van der Waals surface area contributed by atoms with Gasteiger partial charge in [0.1, 0.15) is 0 Å². The number of piperidine rings is 1. The van der Waals surface area contributed by atoms with Gasteiger partial charge in [-0.05, 0) is 49.9 Å². The zero-order valence-corrected chi connectivity index (χ0v) is 13.6. The topological polar surface area (TPSA) is 66.5 Å². The van der Waals surface area contributed by atoms with Gasteiger partial charge >= 0.3 is 0 Å². The van der Waals surface area contributed by atoms with Crippen LogP contribution in [0.4, 0.5) is 0 Å². The smallest absolute Gasteiger partial charge is 0.220 e. The molecule has 0 radical (unpaired) electrons. The summed E-state index contributed by atoms with van der Waals surface area (Å²) in [6.45, 7) is 1.01. The SMILES string of the molecule is CS(=O)(=O)N1CCCC(NC(=O)CC2CC3CCC2C3)C1. The van der Waals surface area contributed by atoms with Crippen LogP contribution in [0.25, 0.3) is 0 Å². The van der Waals surface area contributed by atoms with E-state index in [2.05, 4.69) is 5.32 Å².